The second-order valence-corrected chi connectivity index (χ2v) is 7.32. The van der Waals surface area contributed by atoms with E-state index in [2.05, 4.69) is 10.0 Å². The van der Waals surface area contributed by atoms with E-state index in [1.807, 2.05) is 6.92 Å². The number of carbonyl (C=O) groups is 1. The summed E-state index contributed by atoms with van der Waals surface area (Å²) in [6.07, 6.45) is 1.61. The normalized spacial score (nSPS) is 11.3. The molecule has 0 bridgehead atoms. The number of carbonyl (C=O) groups excluding carboxylic acids is 1. The standard InChI is InChI=1S/C18H21FN2O3S/c1-2-3-11-21-25(23,24)16-9-6-8-14(12-16)18(22)20-13-15-7-4-5-10-17(15)19/h4-10,12,21H,2-3,11,13H2,1H3,(H,20,22). The highest BCUT2D eigenvalue weighted by atomic mass is 32.2. The van der Waals surface area contributed by atoms with Crippen LogP contribution in [0.1, 0.15) is 35.7 Å². The van der Waals surface area contributed by atoms with Crippen molar-refractivity contribution in [3.05, 3.63) is 65.5 Å². The molecule has 5 nitrogen and oxygen atoms in total. The van der Waals surface area contributed by atoms with Crippen LogP contribution in [0.4, 0.5) is 4.39 Å². The number of amides is 1. The van der Waals surface area contributed by atoms with E-state index in [0.29, 0.717) is 12.1 Å². The molecule has 134 valence electrons. The summed E-state index contributed by atoms with van der Waals surface area (Å²) in [5.74, 6) is -0.867. The molecule has 2 N–H and O–H groups in total. The van der Waals surface area contributed by atoms with Crippen molar-refractivity contribution in [2.24, 2.45) is 0 Å². The zero-order valence-corrected chi connectivity index (χ0v) is 14.8. The highest BCUT2D eigenvalue weighted by Gasteiger charge is 2.15. The molecule has 0 saturated carbocycles. The predicted octanol–water partition coefficient (Wildman–Crippen LogP) is 2.83. The summed E-state index contributed by atoms with van der Waals surface area (Å²) in [7, 11) is -3.65. The minimum absolute atomic E-state index is 0.0250. The highest BCUT2D eigenvalue weighted by molar-refractivity contribution is 7.89. The van der Waals surface area contributed by atoms with Gasteiger partial charge in [0.05, 0.1) is 4.90 Å². The summed E-state index contributed by atoms with van der Waals surface area (Å²) in [6.45, 7) is 2.34. The van der Waals surface area contributed by atoms with Crippen LogP contribution < -0.4 is 10.0 Å². The van der Waals surface area contributed by atoms with Gasteiger partial charge >= 0.3 is 0 Å². The fraction of sp³-hybridized carbons (Fsp3) is 0.278. The molecule has 0 aliphatic heterocycles. The Morgan fingerprint density at radius 1 is 1.12 bits per heavy atom. The molecule has 0 fully saturated rings. The van der Waals surface area contributed by atoms with Crippen LogP contribution in [0.25, 0.3) is 0 Å². The summed E-state index contributed by atoms with van der Waals surface area (Å²) < 4.78 is 40.5. The molecule has 0 saturated heterocycles. The van der Waals surface area contributed by atoms with E-state index in [1.54, 1.807) is 18.2 Å². The van der Waals surface area contributed by atoms with Crippen molar-refractivity contribution in [2.45, 2.75) is 31.2 Å². The molecule has 0 aliphatic carbocycles. The molecule has 0 heterocycles. The molecule has 7 heteroatoms. The molecule has 25 heavy (non-hydrogen) atoms. The minimum atomic E-state index is -3.65. The lowest BCUT2D eigenvalue weighted by Crippen LogP contribution is -2.26. The molecular weight excluding hydrogens is 343 g/mol. The summed E-state index contributed by atoms with van der Waals surface area (Å²) in [4.78, 5) is 12.2. The number of halogens is 1. The first-order valence-electron chi connectivity index (χ1n) is 8.05. The first-order valence-corrected chi connectivity index (χ1v) is 9.53. The van der Waals surface area contributed by atoms with Gasteiger partial charge in [0, 0.05) is 24.2 Å². The van der Waals surface area contributed by atoms with Crippen molar-refractivity contribution in [3.8, 4) is 0 Å². The number of sulfonamides is 1. The molecule has 0 radical (unpaired) electrons. The van der Waals surface area contributed by atoms with E-state index in [4.69, 9.17) is 0 Å². The number of nitrogens with one attached hydrogen (secondary N) is 2. The lowest BCUT2D eigenvalue weighted by Gasteiger charge is -2.09. The SMILES string of the molecule is CCCCNS(=O)(=O)c1cccc(C(=O)NCc2ccccc2F)c1. The van der Waals surface area contributed by atoms with Gasteiger partial charge in [-0.2, -0.15) is 0 Å². The summed E-state index contributed by atoms with van der Waals surface area (Å²) in [5, 5.41) is 2.59. The van der Waals surface area contributed by atoms with Crippen LogP contribution >= 0.6 is 0 Å². The van der Waals surface area contributed by atoms with E-state index in [9.17, 15) is 17.6 Å². The van der Waals surface area contributed by atoms with Crippen LogP contribution in [0.3, 0.4) is 0 Å². The summed E-state index contributed by atoms with van der Waals surface area (Å²) >= 11 is 0. The third kappa shape index (κ3) is 5.37. The topological polar surface area (TPSA) is 75.3 Å². The van der Waals surface area contributed by atoms with Crippen LogP contribution in [0.2, 0.25) is 0 Å². The number of hydrogen-bond acceptors (Lipinski definition) is 3. The van der Waals surface area contributed by atoms with Gasteiger partial charge in [0.25, 0.3) is 5.91 Å². The molecule has 0 aliphatic rings. The van der Waals surface area contributed by atoms with E-state index in [0.717, 1.165) is 12.8 Å². The van der Waals surface area contributed by atoms with Gasteiger partial charge in [-0.05, 0) is 30.7 Å². The van der Waals surface area contributed by atoms with Gasteiger partial charge in [-0.3, -0.25) is 4.79 Å². The summed E-state index contributed by atoms with van der Waals surface area (Å²) in [6, 6.07) is 11.9. The Morgan fingerprint density at radius 2 is 1.88 bits per heavy atom. The van der Waals surface area contributed by atoms with Gasteiger partial charge in [0.1, 0.15) is 5.82 Å². The zero-order valence-electron chi connectivity index (χ0n) is 14.0. The third-order valence-corrected chi connectivity index (χ3v) is 5.08. The van der Waals surface area contributed by atoms with Crippen molar-refractivity contribution in [1.82, 2.24) is 10.0 Å². The molecule has 2 aromatic carbocycles. The van der Waals surface area contributed by atoms with E-state index >= 15 is 0 Å². The smallest absolute Gasteiger partial charge is 0.251 e. The molecule has 1 amide bonds. The maximum absolute atomic E-state index is 13.6. The van der Waals surface area contributed by atoms with Crippen molar-refractivity contribution in [2.75, 3.05) is 6.54 Å². The Bertz CT molecular complexity index is 838. The van der Waals surface area contributed by atoms with Crippen LogP contribution in [0.5, 0.6) is 0 Å². The Morgan fingerprint density at radius 3 is 2.60 bits per heavy atom. The molecule has 0 aromatic heterocycles. The largest absolute Gasteiger partial charge is 0.348 e. The van der Waals surface area contributed by atoms with Crippen LogP contribution in [0, 0.1) is 5.82 Å². The quantitative estimate of drug-likeness (QED) is 0.707. The van der Waals surface area contributed by atoms with Gasteiger partial charge < -0.3 is 5.32 Å². The fourth-order valence-electron chi connectivity index (χ4n) is 2.19. The van der Waals surface area contributed by atoms with Crippen molar-refractivity contribution < 1.29 is 17.6 Å². The van der Waals surface area contributed by atoms with E-state index < -0.39 is 21.7 Å². The second kappa shape index (κ2) is 8.73. The Labute approximate surface area is 147 Å². The van der Waals surface area contributed by atoms with Crippen molar-refractivity contribution in [1.29, 1.82) is 0 Å². The minimum Gasteiger partial charge on any atom is -0.348 e. The van der Waals surface area contributed by atoms with Gasteiger partial charge in [0.2, 0.25) is 10.0 Å². The first-order chi connectivity index (χ1) is 11.9. The zero-order chi connectivity index (χ0) is 18.3. The lowest BCUT2D eigenvalue weighted by atomic mass is 10.2. The van der Waals surface area contributed by atoms with Crippen LogP contribution in [0.15, 0.2) is 53.4 Å². The average molecular weight is 364 g/mol. The lowest BCUT2D eigenvalue weighted by molar-refractivity contribution is 0.0950. The molecular formula is C18H21FN2O3S. The third-order valence-electron chi connectivity index (χ3n) is 3.63. The maximum atomic E-state index is 13.6. The van der Waals surface area contributed by atoms with Gasteiger partial charge in [-0.25, -0.2) is 17.5 Å². The van der Waals surface area contributed by atoms with Gasteiger partial charge in [0.15, 0.2) is 0 Å². The molecule has 0 spiro atoms. The highest BCUT2D eigenvalue weighted by Crippen LogP contribution is 2.12. The summed E-state index contributed by atoms with van der Waals surface area (Å²) in [5.41, 5.74) is 0.565. The predicted molar refractivity (Wildman–Crippen MR) is 94.1 cm³/mol. The van der Waals surface area contributed by atoms with Crippen molar-refractivity contribution in [3.63, 3.8) is 0 Å². The van der Waals surface area contributed by atoms with E-state index in [1.165, 1.54) is 30.3 Å². The second-order valence-electron chi connectivity index (χ2n) is 5.55. The number of hydrogen-bond donors (Lipinski definition) is 2. The number of benzene rings is 2. The number of unbranched alkanes of at least 4 members (excludes halogenated alkanes) is 1. The number of rotatable bonds is 8. The average Bonchev–Trinajstić information content (AvgIpc) is 2.61. The molecule has 2 aromatic rings. The Balaban J connectivity index is 2.07. The van der Waals surface area contributed by atoms with E-state index in [-0.39, 0.29) is 17.0 Å². The van der Waals surface area contributed by atoms with Crippen LogP contribution in [-0.4, -0.2) is 20.9 Å². The molecule has 0 unspecified atom stereocenters. The first kappa shape index (κ1) is 19.1. The molecule has 2 rings (SSSR count). The maximum Gasteiger partial charge on any atom is 0.251 e. The Kier molecular flexibility index (Phi) is 6.66. The monoisotopic (exact) mass is 364 g/mol. The van der Waals surface area contributed by atoms with Gasteiger partial charge in [-0.15, -0.1) is 0 Å². The van der Waals surface area contributed by atoms with Gasteiger partial charge in [-0.1, -0.05) is 37.6 Å². The van der Waals surface area contributed by atoms with Crippen LogP contribution in [-0.2, 0) is 16.6 Å². The Hall–Kier alpha value is -2.25. The fourth-order valence-corrected chi connectivity index (χ4v) is 3.31. The molecule has 0 atom stereocenters. The van der Waals surface area contributed by atoms with Crippen molar-refractivity contribution >= 4 is 15.9 Å².